The molecular weight excluding hydrogens is 290 g/mol. The second kappa shape index (κ2) is 18.1. The molecule has 0 rings (SSSR count). The summed E-state index contributed by atoms with van der Waals surface area (Å²) in [5.41, 5.74) is 0. The van der Waals surface area contributed by atoms with E-state index in [0.717, 1.165) is 17.4 Å². The first-order valence-corrected chi connectivity index (χ1v) is 9.78. The van der Waals surface area contributed by atoms with Gasteiger partial charge in [0.2, 0.25) is 0 Å². The first kappa shape index (κ1) is 21.4. The van der Waals surface area contributed by atoms with Gasteiger partial charge in [-0.15, -0.1) is 0 Å². The Kier molecular flexibility index (Phi) is 20.4. The molecule has 2 nitrogen and oxygen atoms in total. The third kappa shape index (κ3) is 27.3. The SMILES string of the molecule is CCCCCCCCCC(=O)[O-].CCCC[CH](C)[Zn+]. The van der Waals surface area contributed by atoms with E-state index in [-0.39, 0.29) is 6.42 Å². The predicted molar refractivity (Wildman–Crippen MR) is 76.6 cm³/mol. The Morgan fingerprint density at radius 3 is 1.79 bits per heavy atom. The summed E-state index contributed by atoms with van der Waals surface area (Å²) in [6.07, 6.45) is 12.6. The molecule has 0 bridgehead atoms. The summed E-state index contributed by atoms with van der Waals surface area (Å²) in [6, 6.07) is 0. The molecule has 0 aliphatic carbocycles. The standard InChI is InChI=1S/C10H20O2.C6H13.Zn/c1-2-3-4-5-6-7-8-9-10(11)12;1-3-5-6-4-2;/h2-9H2,1H3,(H,11,12);3H,4-6H2,1-2H3;/q;;+1/p-1. The average molecular weight is 322 g/mol. The Bertz CT molecular complexity index is 182. The van der Waals surface area contributed by atoms with E-state index < -0.39 is 5.97 Å². The summed E-state index contributed by atoms with van der Waals surface area (Å²) in [6.45, 7) is 6.77. The van der Waals surface area contributed by atoms with Gasteiger partial charge in [0.05, 0.1) is 0 Å². The molecule has 1 unspecified atom stereocenters. The molecule has 0 aromatic carbocycles. The van der Waals surface area contributed by atoms with Crippen molar-refractivity contribution in [2.75, 3.05) is 0 Å². The van der Waals surface area contributed by atoms with Crippen molar-refractivity contribution in [3.63, 3.8) is 0 Å². The van der Waals surface area contributed by atoms with Crippen LogP contribution in [0.1, 0.15) is 91.4 Å². The summed E-state index contributed by atoms with van der Waals surface area (Å²) >= 11 is 1.47. The molecule has 0 aliphatic heterocycles. The molecule has 0 amide bonds. The van der Waals surface area contributed by atoms with Crippen LogP contribution in [-0.2, 0) is 23.1 Å². The Morgan fingerprint density at radius 2 is 1.42 bits per heavy atom. The topological polar surface area (TPSA) is 40.1 Å². The number of aliphatic carboxylic acids is 1. The normalized spacial score (nSPS) is 11.6. The van der Waals surface area contributed by atoms with Crippen LogP contribution in [0.25, 0.3) is 0 Å². The number of carboxylic acid groups (broad SMARTS) is 1. The van der Waals surface area contributed by atoms with Crippen molar-refractivity contribution in [2.24, 2.45) is 0 Å². The van der Waals surface area contributed by atoms with Gasteiger partial charge in [-0.2, -0.15) is 0 Å². The monoisotopic (exact) mass is 320 g/mol. The summed E-state index contributed by atoms with van der Waals surface area (Å²) in [5, 5.41) is 10.0. The number of unbranched alkanes of at least 4 members (excludes halogenated alkanes) is 7. The third-order valence-electron chi connectivity index (χ3n) is 3.03. The maximum absolute atomic E-state index is 10.0. The Hall–Kier alpha value is 0.0934. The fourth-order valence-electron chi connectivity index (χ4n) is 1.78. The quantitative estimate of drug-likeness (QED) is 0.418. The first-order chi connectivity index (χ1) is 9.04. The molecule has 0 aliphatic rings. The second-order valence-electron chi connectivity index (χ2n) is 5.49. The molecular formula is C16H32O2Zn. The van der Waals surface area contributed by atoms with Gasteiger partial charge in [-0.3, -0.25) is 0 Å². The summed E-state index contributed by atoms with van der Waals surface area (Å²) in [5.74, 6) is -0.913. The van der Waals surface area contributed by atoms with Gasteiger partial charge in [0.15, 0.2) is 0 Å². The van der Waals surface area contributed by atoms with E-state index in [1.54, 1.807) is 0 Å². The van der Waals surface area contributed by atoms with Crippen LogP contribution in [0, 0.1) is 0 Å². The zero-order chi connectivity index (χ0) is 14.9. The van der Waals surface area contributed by atoms with Crippen LogP contribution < -0.4 is 5.11 Å². The van der Waals surface area contributed by atoms with Crippen LogP contribution in [0.15, 0.2) is 0 Å². The van der Waals surface area contributed by atoms with E-state index in [2.05, 4.69) is 20.8 Å². The fraction of sp³-hybridized carbons (Fsp3) is 0.938. The van der Waals surface area contributed by atoms with Crippen molar-refractivity contribution in [3.8, 4) is 0 Å². The molecule has 19 heavy (non-hydrogen) atoms. The molecule has 0 spiro atoms. The molecule has 0 aromatic rings. The summed E-state index contributed by atoms with van der Waals surface area (Å²) in [7, 11) is 0. The maximum atomic E-state index is 10.0. The molecule has 0 aromatic heterocycles. The zero-order valence-electron chi connectivity index (χ0n) is 13.4. The third-order valence-corrected chi connectivity index (χ3v) is 3.89. The minimum atomic E-state index is -0.913. The molecule has 0 saturated carbocycles. The molecule has 0 heterocycles. The van der Waals surface area contributed by atoms with Gasteiger partial charge in [-0.1, -0.05) is 45.4 Å². The van der Waals surface area contributed by atoms with Crippen molar-refractivity contribution in [2.45, 2.75) is 95.9 Å². The van der Waals surface area contributed by atoms with Crippen molar-refractivity contribution in [1.29, 1.82) is 0 Å². The van der Waals surface area contributed by atoms with Gasteiger partial charge in [0.1, 0.15) is 0 Å². The number of carbonyl (C=O) groups excluding carboxylic acids is 1. The van der Waals surface area contributed by atoms with Crippen LogP contribution in [0.3, 0.4) is 0 Å². The van der Waals surface area contributed by atoms with E-state index in [0.29, 0.717) is 0 Å². The summed E-state index contributed by atoms with van der Waals surface area (Å²) < 4.78 is 1.03. The fourth-order valence-corrected chi connectivity index (χ4v) is 2.38. The Labute approximate surface area is 130 Å². The van der Waals surface area contributed by atoms with Crippen molar-refractivity contribution in [1.82, 2.24) is 0 Å². The Morgan fingerprint density at radius 1 is 0.947 bits per heavy atom. The number of carbonyl (C=O) groups is 1. The number of rotatable bonds is 11. The van der Waals surface area contributed by atoms with E-state index in [1.165, 1.54) is 69.7 Å². The van der Waals surface area contributed by atoms with Gasteiger partial charge in [0, 0.05) is 5.97 Å². The number of hydrogen-bond donors (Lipinski definition) is 0. The van der Waals surface area contributed by atoms with Crippen LogP contribution >= 0.6 is 0 Å². The van der Waals surface area contributed by atoms with Crippen LogP contribution in [0.2, 0.25) is 4.51 Å². The molecule has 110 valence electrons. The summed E-state index contributed by atoms with van der Waals surface area (Å²) in [4.78, 5) is 10.0. The minimum absolute atomic E-state index is 0.230. The van der Waals surface area contributed by atoms with Crippen molar-refractivity contribution >= 4 is 5.97 Å². The Balaban J connectivity index is 0. The van der Waals surface area contributed by atoms with E-state index in [1.807, 2.05) is 0 Å². The molecule has 0 N–H and O–H groups in total. The number of carboxylic acids is 1. The van der Waals surface area contributed by atoms with Crippen LogP contribution in [0.4, 0.5) is 0 Å². The van der Waals surface area contributed by atoms with Gasteiger partial charge in [-0.05, 0) is 12.8 Å². The van der Waals surface area contributed by atoms with Gasteiger partial charge in [0.25, 0.3) is 0 Å². The van der Waals surface area contributed by atoms with Crippen molar-refractivity contribution < 1.29 is 28.2 Å². The molecule has 0 saturated heterocycles. The van der Waals surface area contributed by atoms with Gasteiger partial charge < -0.3 is 9.90 Å². The van der Waals surface area contributed by atoms with Gasteiger partial charge in [-0.25, -0.2) is 0 Å². The first-order valence-electron chi connectivity index (χ1n) is 8.07. The molecule has 1 atom stereocenters. The average Bonchev–Trinajstić information content (AvgIpc) is 2.35. The van der Waals surface area contributed by atoms with Crippen molar-refractivity contribution in [3.05, 3.63) is 0 Å². The zero-order valence-corrected chi connectivity index (χ0v) is 16.3. The predicted octanol–water partition coefficient (Wildman–Crippen LogP) is 4.41. The van der Waals surface area contributed by atoms with E-state index in [4.69, 9.17) is 0 Å². The molecule has 0 radical (unpaired) electrons. The van der Waals surface area contributed by atoms with E-state index >= 15 is 0 Å². The van der Waals surface area contributed by atoms with E-state index in [9.17, 15) is 9.90 Å². The second-order valence-corrected chi connectivity index (χ2v) is 8.42. The van der Waals surface area contributed by atoms with Gasteiger partial charge >= 0.3 is 55.9 Å². The molecule has 0 fully saturated rings. The number of hydrogen-bond acceptors (Lipinski definition) is 2. The molecule has 3 heteroatoms. The van der Waals surface area contributed by atoms with Crippen LogP contribution in [0.5, 0.6) is 0 Å². The van der Waals surface area contributed by atoms with Crippen LogP contribution in [-0.4, -0.2) is 5.97 Å².